The van der Waals surface area contributed by atoms with E-state index in [-0.39, 0.29) is 47.8 Å². The second-order valence-corrected chi connectivity index (χ2v) is 20.6. The summed E-state index contributed by atoms with van der Waals surface area (Å²) < 4.78 is 24.7. The molecule has 0 saturated heterocycles. The number of carbonyl (C=O) groups is 3. The molecule has 9 rings (SSSR count). The first kappa shape index (κ1) is 43.3. The van der Waals surface area contributed by atoms with E-state index in [1.54, 1.807) is 14.2 Å². The van der Waals surface area contributed by atoms with Crippen molar-refractivity contribution in [2.75, 3.05) is 29.3 Å². The van der Waals surface area contributed by atoms with Gasteiger partial charge in [-0.15, -0.1) is 0 Å². The van der Waals surface area contributed by atoms with Crippen molar-refractivity contribution in [2.45, 2.75) is 114 Å². The number of amides is 3. The zero-order valence-electron chi connectivity index (χ0n) is 37.6. The largest absolute Gasteiger partial charge is 0.493 e. The Labute approximate surface area is 380 Å². The number of carbonyl (C=O) groups excluding carboxylic acids is 3. The molecule has 1 N–H and O–H groups in total. The number of fused-ring (bicyclic) bond motifs is 8. The molecular weight excluding hydrogens is 823 g/mol. The Hall–Kier alpha value is -5.94. The van der Waals surface area contributed by atoms with Crippen LogP contribution in [0.25, 0.3) is 0 Å². The maximum atomic E-state index is 14.1. The highest BCUT2D eigenvalue weighted by molar-refractivity contribution is 8.01. The first-order chi connectivity index (χ1) is 30.9. The maximum Gasteiger partial charge on any atom is 0.258 e. The Morgan fingerprint density at radius 1 is 0.688 bits per heavy atom. The molecule has 5 aromatic carbocycles. The molecule has 2 atom stereocenters. The SMILES string of the molecule is COc1cc2c(cc1OCc1cc(COc3cc4c(cc3OC)C(=O)N3c5ccccc5C[C@H]3CC4)cc(NC(=O)CCC(C)(C)SC(C)C)c1)CC[C@@H]1Cc3ccccc3N1C2=O. The Bertz CT molecular complexity index is 2470. The standard InChI is InChI=1S/C53H57N3O7S/c1-32(2)64-53(3,4)20-19-50(57)54-39-22-33(30-62-48-26-35-15-17-40-24-37-11-7-9-13-44(37)55(40)51(58)42(35)28-46(48)60-5)21-34(23-39)31-63-49-27-36-16-18-41-25-38-12-8-10-14-45(38)56(41)52(59)43(36)29-47(49)61-6/h7-14,21-23,26-29,32,40-41H,15-20,24-25,30-31H2,1-6H3,(H,54,57)/t40-,41-/m1/s1. The van der Waals surface area contributed by atoms with Crippen LogP contribution >= 0.6 is 11.8 Å². The number of ether oxygens (including phenoxy) is 4. The fourth-order valence-electron chi connectivity index (χ4n) is 10.1. The number of hydrogen-bond donors (Lipinski definition) is 1. The molecule has 4 aliphatic rings. The number of benzene rings is 5. The van der Waals surface area contributed by atoms with E-state index < -0.39 is 0 Å². The van der Waals surface area contributed by atoms with Crippen molar-refractivity contribution in [1.82, 2.24) is 0 Å². The molecule has 0 spiro atoms. The van der Waals surface area contributed by atoms with Crippen LogP contribution in [0.4, 0.5) is 17.1 Å². The minimum Gasteiger partial charge on any atom is -0.493 e. The smallest absolute Gasteiger partial charge is 0.258 e. The number of rotatable bonds is 14. The molecule has 4 heterocycles. The second kappa shape index (κ2) is 17.9. The molecule has 10 nitrogen and oxygen atoms in total. The molecule has 4 aliphatic heterocycles. The first-order valence-electron chi connectivity index (χ1n) is 22.5. The number of nitrogens with zero attached hydrogens (tertiary/aromatic N) is 2. The first-order valence-corrected chi connectivity index (χ1v) is 23.4. The van der Waals surface area contributed by atoms with E-state index in [1.165, 1.54) is 11.1 Å². The van der Waals surface area contributed by atoms with Crippen molar-refractivity contribution >= 4 is 46.5 Å². The lowest BCUT2D eigenvalue weighted by molar-refractivity contribution is -0.116. The molecule has 3 amide bonds. The number of thioether (sulfide) groups is 1. The molecule has 0 aromatic heterocycles. The van der Waals surface area contributed by atoms with Crippen molar-refractivity contribution in [3.8, 4) is 23.0 Å². The summed E-state index contributed by atoms with van der Waals surface area (Å²) in [6.45, 7) is 9.06. The Balaban J connectivity index is 0.963. The highest BCUT2D eigenvalue weighted by atomic mass is 32.2. The summed E-state index contributed by atoms with van der Waals surface area (Å²) >= 11 is 1.87. The number of methoxy groups -OCH3 is 2. The summed E-state index contributed by atoms with van der Waals surface area (Å²) in [6.07, 6.45) is 5.96. The van der Waals surface area contributed by atoms with Gasteiger partial charge in [0.05, 0.1) is 14.2 Å². The Morgan fingerprint density at radius 3 is 1.64 bits per heavy atom. The lowest BCUT2D eigenvalue weighted by Gasteiger charge is -2.26. The van der Waals surface area contributed by atoms with Gasteiger partial charge in [-0.2, -0.15) is 11.8 Å². The van der Waals surface area contributed by atoms with Crippen LogP contribution in [0.15, 0.2) is 91.0 Å². The fraction of sp³-hybridized carbons (Fsp3) is 0.377. The molecule has 0 bridgehead atoms. The van der Waals surface area contributed by atoms with Gasteiger partial charge in [0.2, 0.25) is 5.91 Å². The third-order valence-corrected chi connectivity index (χ3v) is 14.3. The molecular formula is C53H57N3O7S. The molecule has 0 unspecified atom stereocenters. The van der Waals surface area contributed by atoms with E-state index in [9.17, 15) is 14.4 Å². The van der Waals surface area contributed by atoms with Crippen molar-refractivity contribution in [2.24, 2.45) is 0 Å². The molecule has 64 heavy (non-hydrogen) atoms. The van der Waals surface area contributed by atoms with Gasteiger partial charge in [0.15, 0.2) is 23.0 Å². The molecule has 0 aliphatic carbocycles. The van der Waals surface area contributed by atoms with E-state index in [1.807, 2.05) is 100 Å². The number of hydrogen-bond acceptors (Lipinski definition) is 8. The van der Waals surface area contributed by atoms with Crippen molar-refractivity contribution in [1.29, 1.82) is 0 Å². The van der Waals surface area contributed by atoms with Crippen LogP contribution in [0.5, 0.6) is 23.0 Å². The Kier molecular flexibility index (Phi) is 12.1. The highest BCUT2D eigenvalue weighted by Gasteiger charge is 2.39. The van der Waals surface area contributed by atoms with E-state index >= 15 is 0 Å². The van der Waals surface area contributed by atoms with Gasteiger partial charge in [0.1, 0.15) is 13.2 Å². The molecule has 0 fully saturated rings. The van der Waals surface area contributed by atoms with Crippen molar-refractivity contribution < 1.29 is 33.3 Å². The van der Waals surface area contributed by atoms with Crippen LogP contribution in [0.3, 0.4) is 0 Å². The lowest BCUT2D eigenvalue weighted by atomic mass is 9.99. The summed E-state index contributed by atoms with van der Waals surface area (Å²) in [5.41, 5.74) is 9.77. The predicted octanol–water partition coefficient (Wildman–Crippen LogP) is 10.5. The number of nitrogens with one attached hydrogen (secondary N) is 1. The number of anilines is 3. The van der Waals surface area contributed by atoms with Crippen LogP contribution < -0.4 is 34.1 Å². The van der Waals surface area contributed by atoms with Gasteiger partial charge in [-0.25, -0.2) is 0 Å². The summed E-state index contributed by atoms with van der Waals surface area (Å²) in [6, 6.07) is 29.9. The molecule has 5 aromatic rings. The normalized spacial score (nSPS) is 17.4. The van der Waals surface area contributed by atoms with Gasteiger partial charge in [0.25, 0.3) is 11.8 Å². The van der Waals surface area contributed by atoms with E-state index in [4.69, 9.17) is 18.9 Å². The van der Waals surface area contributed by atoms with Gasteiger partial charge < -0.3 is 34.1 Å². The molecule has 0 radical (unpaired) electrons. The third-order valence-electron chi connectivity index (χ3n) is 12.9. The van der Waals surface area contributed by atoms with Gasteiger partial charge in [0, 0.05) is 51.4 Å². The van der Waals surface area contributed by atoms with E-state index in [0.717, 1.165) is 78.6 Å². The summed E-state index contributed by atoms with van der Waals surface area (Å²) in [7, 11) is 3.18. The number of para-hydroxylation sites is 2. The summed E-state index contributed by atoms with van der Waals surface area (Å²) in [5.74, 6) is 1.94. The average Bonchev–Trinajstić information content (AvgIpc) is 3.77. The predicted molar refractivity (Wildman–Crippen MR) is 254 cm³/mol. The topological polar surface area (TPSA) is 107 Å². The van der Waals surface area contributed by atoms with Gasteiger partial charge >= 0.3 is 0 Å². The third kappa shape index (κ3) is 8.79. The molecule has 11 heteroatoms. The van der Waals surface area contributed by atoms with Gasteiger partial charge in [-0.05, 0) is 138 Å². The molecule has 0 saturated carbocycles. The van der Waals surface area contributed by atoms with Crippen LogP contribution in [0, 0.1) is 0 Å². The Morgan fingerprint density at radius 2 is 1.17 bits per heavy atom. The fourth-order valence-corrected chi connectivity index (χ4v) is 11.6. The minimum absolute atomic E-state index is 0.0182. The van der Waals surface area contributed by atoms with Gasteiger partial charge in [-0.3, -0.25) is 14.4 Å². The average molecular weight is 880 g/mol. The zero-order chi connectivity index (χ0) is 44.7. The minimum atomic E-state index is -0.0668. The quantitative estimate of drug-likeness (QED) is 0.118. The van der Waals surface area contributed by atoms with Crippen LogP contribution in [0.2, 0.25) is 0 Å². The zero-order valence-corrected chi connectivity index (χ0v) is 38.4. The van der Waals surface area contributed by atoms with Crippen molar-refractivity contribution in [3.63, 3.8) is 0 Å². The van der Waals surface area contributed by atoms with Crippen LogP contribution in [-0.2, 0) is 43.7 Å². The van der Waals surface area contributed by atoms with Gasteiger partial charge in [-0.1, -0.05) is 64.1 Å². The highest BCUT2D eigenvalue weighted by Crippen LogP contribution is 2.43. The van der Waals surface area contributed by atoms with Crippen LogP contribution in [0.1, 0.15) is 107 Å². The number of aryl methyl sites for hydroxylation is 2. The monoisotopic (exact) mass is 879 g/mol. The summed E-state index contributed by atoms with van der Waals surface area (Å²) in [4.78, 5) is 45.6. The summed E-state index contributed by atoms with van der Waals surface area (Å²) in [5, 5.41) is 3.61. The van der Waals surface area contributed by atoms with Crippen LogP contribution in [-0.4, -0.2) is 54.0 Å². The van der Waals surface area contributed by atoms with E-state index in [2.05, 4.69) is 45.1 Å². The van der Waals surface area contributed by atoms with E-state index in [0.29, 0.717) is 51.5 Å². The lowest BCUT2D eigenvalue weighted by Crippen LogP contribution is -2.36. The van der Waals surface area contributed by atoms with Crippen molar-refractivity contribution in [3.05, 3.63) is 136 Å². The second-order valence-electron chi connectivity index (χ2n) is 18.3. The maximum absolute atomic E-state index is 14.1. The molecule has 332 valence electrons.